The highest BCUT2D eigenvalue weighted by Gasteiger charge is 2.31. The Balaban J connectivity index is 1.85. The van der Waals surface area contributed by atoms with Gasteiger partial charge in [0.25, 0.3) is 0 Å². The van der Waals surface area contributed by atoms with Crippen molar-refractivity contribution in [3.8, 4) is 0 Å². The van der Waals surface area contributed by atoms with E-state index in [0.717, 1.165) is 18.8 Å². The zero-order valence-corrected chi connectivity index (χ0v) is 13.6. The molecule has 1 saturated carbocycles. The maximum absolute atomic E-state index is 12.2. The van der Waals surface area contributed by atoms with E-state index in [2.05, 4.69) is 38.2 Å². The van der Waals surface area contributed by atoms with E-state index >= 15 is 0 Å². The van der Waals surface area contributed by atoms with Crippen LogP contribution in [0.5, 0.6) is 0 Å². The lowest BCUT2D eigenvalue weighted by molar-refractivity contribution is -0.122. The molecule has 0 bridgehead atoms. The zero-order chi connectivity index (χ0) is 15.2. The van der Waals surface area contributed by atoms with E-state index in [0.29, 0.717) is 24.3 Å². The van der Waals surface area contributed by atoms with Gasteiger partial charge in [0.15, 0.2) is 0 Å². The van der Waals surface area contributed by atoms with E-state index in [1.807, 2.05) is 18.2 Å². The van der Waals surface area contributed by atoms with Gasteiger partial charge in [0, 0.05) is 12.5 Å². The minimum atomic E-state index is 0.212. The van der Waals surface area contributed by atoms with E-state index in [1.54, 1.807) is 0 Å². The van der Waals surface area contributed by atoms with Gasteiger partial charge in [-0.2, -0.15) is 0 Å². The molecule has 1 amide bonds. The molecule has 1 fully saturated rings. The van der Waals surface area contributed by atoms with Crippen LogP contribution in [0.15, 0.2) is 30.3 Å². The summed E-state index contributed by atoms with van der Waals surface area (Å²) in [4.78, 5) is 12.2. The third kappa shape index (κ3) is 4.87. The number of amides is 1. The van der Waals surface area contributed by atoms with Gasteiger partial charge in [0.1, 0.15) is 0 Å². The summed E-state index contributed by atoms with van der Waals surface area (Å²) in [6, 6.07) is 10.6. The molecule has 2 nitrogen and oxygen atoms in total. The fourth-order valence-corrected chi connectivity index (χ4v) is 3.55. The van der Waals surface area contributed by atoms with E-state index in [1.165, 1.54) is 18.4 Å². The van der Waals surface area contributed by atoms with Crippen LogP contribution in [0.2, 0.25) is 0 Å². The Kier molecular flexibility index (Phi) is 5.84. The number of carbonyl (C=O) groups excluding carboxylic acids is 1. The summed E-state index contributed by atoms with van der Waals surface area (Å²) < 4.78 is 0. The topological polar surface area (TPSA) is 29.1 Å². The Morgan fingerprint density at radius 3 is 2.62 bits per heavy atom. The van der Waals surface area contributed by atoms with Crippen molar-refractivity contribution in [1.82, 2.24) is 5.32 Å². The van der Waals surface area contributed by atoms with Crippen molar-refractivity contribution in [2.75, 3.05) is 0 Å². The Morgan fingerprint density at radius 1 is 1.24 bits per heavy atom. The standard InChI is InChI=1S/C19H29NO/c1-14(2)17-11-9-15(3)13-18(17)20-19(21)12-10-16-7-5-4-6-8-16/h4-8,14-15,17-18H,9-13H2,1-3H3,(H,20,21)/t15-,17+,18-/m1/s1. The van der Waals surface area contributed by atoms with Crippen LogP contribution in [-0.2, 0) is 11.2 Å². The van der Waals surface area contributed by atoms with Crippen LogP contribution in [0.3, 0.4) is 0 Å². The highest BCUT2D eigenvalue weighted by molar-refractivity contribution is 5.76. The first-order valence-electron chi connectivity index (χ1n) is 8.39. The highest BCUT2D eigenvalue weighted by Crippen LogP contribution is 2.33. The summed E-state index contributed by atoms with van der Waals surface area (Å²) in [6.07, 6.45) is 5.13. The molecule has 0 aromatic heterocycles. The van der Waals surface area contributed by atoms with Crippen molar-refractivity contribution in [2.24, 2.45) is 17.8 Å². The van der Waals surface area contributed by atoms with Crippen LogP contribution < -0.4 is 5.32 Å². The molecule has 1 aliphatic rings. The molecule has 21 heavy (non-hydrogen) atoms. The molecule has 2 heteroatoms. The summed E-state index contributed by atoms with van der Waals surface area (Å²) in [7, 11) is 0. The van der Waals surface area contributed by atoms with Crippen LogP contribution in [0.25, 0.3) is 0 Å². The van der Waals surface area contributed by atoms with E-state index in [4.69, 9.17) is 0 Å². The highest BCUT2D eigenvalue weighted by atomic mass is 16.1. The maximum atomic E-state index is 12.2. The Labute approximate surface area is 129 Å². The lowest BCUT2D eigenvalue weighted by Crippen LogP contribution is -2.45. The lowest BCUT2D eigenvalue weighted by atomic mass is 9.74. The normalized spacial score (nSPS) is 25.8. The van der Waals surface area contributed by atoms with Gasteiger partial charge in [-0.15, -0.1) is 0 Å². The summed E-state index contributed by atoms with van der Waals surface area (Å²) in [6.45, 7) is 6.87. The fraction of sp³-hybridized carbons (Fsp3) is 0.632. The largest absolute Gasteiger partial charge is 0.353 e. The summed E-state index contributed by atoms with van der Waals surface area (Å²) in [5.41, 5.74) is 1.24. The second-order valence-electron chi connectivity index (χ2n) is 6.99. The van der Waals surface area contributed by atoms with Crippen LogP contribution in [0, 0.1) is 17.8 Å². The lowest BCUT2D eigenvalue weighted by Gasteiger charge is -2.37. The number of aryl methyl sites for hydroxylation is 1. The maximum Gasteiger partial charge on any atom is 0.220 e. The molecule has 1 aromatic rings. The third-order valence-corrected chi connectivity index (χ3v) is 4.85. The molecule has 0 unspecified atom stereocenters. The average Bonchev–Trinajstić information content (AvgIpc) is 2.46. The van der Waals surface area contributed by atoms with Crippen molar-refractivity contribution < 1.29 is 4.79 Å². The number of hydrogen-bond acceptors (Lipinski definition) is 1. The molecule has 1 N–H and O–H groups in total. The molecule has 0 spiro atoms. The molecule has 0 heterocycles. The van der Waals surface area contributed by atoms with Gasteiger partial charge in [-0.25, -0.2) is 0 Å². The molecule has 1 aromatic carbocycles. The molecular formula is C19H29NO. The molecule has 3 atom stereocenters. The van der Waals surface area contributed by atoms with Gasteiger partial charge in [-0.3, -0.25) is 4.79 Å². The van der Waals surface area contributed by atoms with Crippen LogP contribution in [0.4, 0.5) is 0 Å². The number of benzene rings is 1. The predicted octanol–water partition coefficient (Wildman–Crippen LogP) is 4.20. The summed E-state index contributed by atoms with van der Waals surface area (Å²) in [5.74, 6) is 2.24. The average molecular weight is 287 g/mol. The zero-order valence-electron chi connectivity index (χ0n) is 13.6. The smallest absolute Gasteiger partial charge is 0.220 e. The first-order chi connectivity index (χ1) is 10.1. The Hall–Kier alpha value is -1.31. The molecular weight excluding hydrogens is 258 g/mol. The van der Waals surface area contributed by atoms with Gasteiger partial charge in [0.05, 0.1) is 0 Å². The van der Waals surface area contributed by atoms with Crippen LogP contribution in [0.1, 0.15) is 52.0 Å². The molecule has 0 aliphatic heterocycles. The Morgan fingerprint density at radius 2 is 1.95 bits per heavy atom. The van der Waals surface area contributed by atoms with Crippen molar-refractivity contribution in [3.05, 3.63) is 35.9 Å². The van der Waals surface area contributed by atoms with Crippen molar-refractivity contribution >= 4 is 5.91 Å². The van der Waals surface area contributed by atoms with Gasteiger partial charge in [-0.05, 0) is 42.6 Å². The van der Waals surface area contributed by atoms with Crippen molar-refractivity contribution in [3.63, 3.8) is 0 Å². The fourth-order valence-electron chi connectivity index (χ4n) is 3.55. The summed E-state index contributed by atoms with van der Waals surface area (Å²) >= 11 is 0. The van der Waals surface area contributed by atoms with Crippen LogP contribution >= 0.6 is 0 Å². The van der Waals surface area contributed by atoms with E-state index in [9.17, 15) is 4.79 Å². The first-order valence-corrected chi connectivity index (χ1v) is 8.39. The van der Waals surface area contributed by atoms with Crippen LogP contribution in [-0.4, -0.2) is 11.9 Å². The minimum Gasteiger partial charge on any atom is -0.353 e. The molecule has 0 radical (unpaired) electrons. The number of nitrogens with one attached hydrogen (secondary N) is 1. The molecule has 1 aliphatic carbocycles. The first kappa shape index (κ1) is 16.1. The monoisotopic (exact) mass is 287 g/mol. The number of rotatable bonds is 5. The number of carbonyl (C=O) groups is 1. The SMILES string of the molecule is CC(C)[C@@H]1CC[C@@H](C)C[C@H]1NC(=O)CCc1ccccc1. The molecule has 2 rings (SSSR count). The second-order valence-corrected chi connectivity index (χ2v) is 6.99. The number of hydrogen-bond donors (Lipinski definition) is 1. The molecule has 0 saturated heterocycles. The van der Waals surface area contributed by atoms with Gasteiger partial charge in [0.2, 0.25) is 5.91 Å². The van der Waals surface area contributed by atoms with E-state index < -0.39 is 0 Å². The van der Waals surface area contributed by atoms with Crippen molar-refractivity contribution in [1.29, 1.82) is 0 Å². The van der Waals surface area contributed by atoms with Gasteiger partial charge in [-0.1, -0.05) is 57.5 Å². The quantitative estimate of drug-likeness (QED) is 0.864. The Bertz CT molecular complexity index is 440. The predicted molar refractivity (Wildman–Crippen MR) is 88.0 cm³/mol. The van der Waals surface area contributed by atoms with E-state index in [-0.39, 0.29) is 5.91 Å². The molecule has 116 valence electrons. The van der Waals surface area contributed by atoms with Gasteiger partial charge >= 0.3 is 0 Å². The summed E-state index contributed by atoms with van der Waals surface area (Å²) in [5, 5.41) is 3.31. The second kappa shape index (κ2) is 7.63. The minimum absolute atomic E-state index is 0.212. The third-order valence-electron chi connectivity index (χ3n) is 4.85. The van der Waals surface area contributed by atoms with Gasteiger partial charge < -0.3 is 5.32 Å². The van der Waals surface area contributed by atoms with Crippen molar-refractivity contribution in [2.45, 2.75) is 58.9 Å².